The maximum absolute atomic E-state index is 12.4. The Kier molecular flexibility index (Phi) is 7.80. The average Bonchev–Trinajstić information content (AvgIpc) is 2.78. The van der Waals surface area contributed by atoms with E-state index in [9.17, 15) is 13.2 Å². The summed E-state index contributed by atoms with van der Waals surface area (Å²) in [7, 11) is -0.955. The van der Waals surface area contributed by atoms with Gasteiger partial charge >= 0.3 is 0 Å². The van der Waals surface area contributed by atoms with E-state index < -0.39 is 10.0 Å². The number of rotatable bonds is 8. The zero-order valence-corrected chi connectivity index (χ0v) is 18.4. The van der Waals surface area contributed by atoms with Crippen LogP contribution in [0.2, 0.25) is 0 Å². The lowest BCUT2D eigenvalue weighted by molar-refractivity contribution is -0.111. The summed E-state index contributed by atoms with van der Waals surface area (Å²) in [4.78, 5) is 14.7. The zero-order chi connectivity index (χ0) is 22.3. The number of sulfonamides is 1. The van der Waals surface area contributed by atoms with Crippen molar-refractivity contribution in [2.24, 2.45) is 0 Å². The lowest BCUT2D eigenvalue weighted by Gasteiger charge is -2.26. The van der Waals surface area contributed by atoms with Crippen molar-refractivity contribution in [3.8, 4) is 5.75 Å². The summed E-state index contributed by atoms with van der Waals surface area (Å²) >= 11 is 0. The van der Waals surface area contributed by atoms with E-state index in [1.165, 1.54) is 26.3 Å². The van der Waals surface area contributed by atoms with E-state index in [1.807, 2.05) is 24.3 Å². The molecule has 0 aromatic heterocycles. The van der Waals surface area contributed by atoms with Gasteiger partial charge in [-0.1, -0.05) is 18.2 Å². The fourth-order valence-electron chi connectivity index (χ4n) is 3.24. The van der Waals surface area contributed by atoms with Crippen LogP contribution in [0.4, 0.5) is 5.69 Å². The van der Waals surface area contributed by atoms with E-state index in [4.69, 9.17) is 9.47 Å². The average molecular weight is 446 g/mol. The quantitative estimate of drug-likeness (QED) is 0.604. The summed E-state index contributed by atoms with van der Waals surface area (Å²) in [5.74, 6) is -0.0783. The Hall–Kier alpha value is -2.72. The van der Waals surface area contributed by atoms with Crippen LogP contribution >= 0.6 is 0 Å². The number of anilines is 1. The van der Waals surface area contributed by atoms with Crippen LogP contribution in [0.15, 0.2) is 53.4 Å². The third-order valence-corrected chi connectivity index (χ3v) is 6.31. The summed E-state index contributed by atoms with van der Waals surface area (Å²) in [6.07, 6.45) is 2.92. The molecule has 0 bridgehead atoms. The number of nitrogens with zero attached hydrogens (tertiary/aromatic N) is 1. The molecule has 0 unspecified atom stereocenters. The van der Waals surface area contributed by atoms with Crippen LogP contribution in [0.1, 0.15) is 11.1 Å². The Bertz CT molecular complexity index is 1050. The van der Waals surface area contributed by atoms with Gasteiger partial charge in [0.1, 0.15) is 10.6 Å². The van der Waals surface area contributed by atoms with Crippen LogP contribution in [0.25, 0.3) is 6.08 Å². The molecule has 0 atom stereocenters. The molecule has 1 fully saturated rings. The van der Waals surface area contributed by atoms with Gasteiger partial charge in [-0.25, -0.2) is 13.1 Å². The molecule has 0 spiro atoms. The number of ether oxygens (including phenoxy) is 2. The summed E-state index contributed by atoms with van der Waals surface area (Å²) in [5, 5.41) is 2.84. The zero-order valence-electron chi connectivity index (χ0n) is 17.6. The Morgan fingerprint density at radius 3 is 2.68 bits per heavy atom. The van der Waals surface area contributed by atoms with Crippen molar-refractivity contribution in [3.63, 3.8) is 0 Å². The van der Waals surface area contributed by atoms with Crippen molar-refractivity contribution in [2.45, 2.75) is 11.4 Å². The molecule has 0 saturated carbocycles. The van der Waals surface area contributed by atoms with E-state index in [-0.39, 0.29) is 16.6 Å². The molecule has 0 radical (unpaired) electrons. The molecular formula is C22H27N3O5S. The van der Waals surface area contributed by atoms with Gasteiger partial charge in [-0.3, -0.25) is 9.69 Å². The molecule has 9 heteroatoms. The molecule has 2 aromatic carbocycles. The Balaban J connectivity index is 1.67. The number of nitrogens with one attached hydrogen (secondary N) is 2. The van der Waals surface area contributed by atoms with Crippen molar-refractivity contribution in [3.05, 3.63) is 59.7 Å². The summed E-state index contributed by atoms with van der Waals surface area (Å²) in [6.45, 7) is 4.07. The summed E-state index contributed by atoms with van der Waals surface area (Å²) in [6, 6.07) is 12.4. The monoisotopic (exact) mass is 445 g/mol. The van der Waals surface area contributed by atoms with Gasteiger partial charge in [0, 0.05) is 31.4 Å². The summed E-state index contributed by atoms with van der Waals surface area (Å²) in [5.41, 5.74) is 2.38. The van der Waals surface area contributed by atoms with Gasteiger partial charge in [-0.15, -0.1) is 0 Å². The minimum absolute atomic E-state index is 0.0101. The van der Waals surface area contributed by atoms with Crippen molar-refractivity contribution in [2.75, 3.05) is 45.8 Å². The van der Waals surface area contributed by atoms with Crippen LogP contribution in [0, 0.1) is 0 Å². The predicted molar refractivity (Wildman–Crippen MR) is 119 cm³/mol. The molecule has 1 amide bonds. The Morgan fingerprint density at radius 1 is 1.19 bits per heavy atom. The molecule has 3 rings (SSSR count). The molecule has 166 valence electrons. The van der Waals surface area contributed by atoms with Crippen LogP contribution in [0.5, 0.6) is 5.75 Å². The second-order valence-electron chi connectivity index (χ2n) is 7.03. The molecule has 2 N–H and O–H groups in total. The summed E-state index contributed by atoms with van der Waals surface area (Å²) < 4.78 is 37.1. The Labute approximate surface area is 182 Å². The first-order valence-electron chi connectivity index (χ1n) is 9.91. The molecule has 8 nitrogen and oxygen atoms in total. The first-order valence-corrected chi connectivity index (χ1v) is 11.4. The molecule has 2 aromatic rings. The van der Waals surface area contributed by atoms with Crippen molar-refractivity contribution < 1.29 is 22.7 Å². The third-order valence-electron chi connectivity index (χ3n) is 4.88. The van der Waals surface area contributed by atoms with E-state index in [1.54, 1.807) is 18.2 Å². The predicted octanol–water partition coefficient (Wildman–Crippen LogP) is 2.09. The van der Waals surface area contributed by atoms with Crippen LogP contribution < -0.4 is 14.8 Å². The topological polar surface area (TPSA) is 97.0 Å². The Morgan fingerprint density at radius 2 is 1.97 bits per heavy atom. The van der Waals surface area contributed by atoms with E-state index in [0.717, 1.165) is 38.4 Å². The maximum atomic E-state index is 12.4. The van der Waals surface area contributed by atoms with Crippen LogP contribution in [-0.4, -0.2) is 59.7 Å². The number of hydrogen-bond acceptors (Lipinski definition) is 6. The van der Waals surface area contributed by atoms with Crippen molar-refractivity contribution in [1.82, 2.24) is 9.62 Å². The van der Waals surface area contributed by atoms with Gasteiger partial charge in [0.2, 0.25) is 15.9 Å². The van der Waals surface area contributed by atoms with E-state index in [2.05, 4.69) is 14.9 Å². The normalized spacial score (nSPS) is 15.2. The van der Waals surface area contributed by atoms with Crippen LogP contribution in [-0.2, 0) is 26.1 Å². The molecule has 1 heterocycles. The number of amides is 1. The molecular weight excluding hydrogens is 418 g/mol. The smallest absolute Gasteiger partial charge is 0.248 e. The number of benzene rings is 2. The molecule has 1 aliphatic rings. The van der Waals surface area contributed by atoms with Gasteiger partial charge in [0.25, 0.3) is 0 Å². The van der Waals surface area contributed by atoms with E-state index >= 15 is 0 Å². The number of carbonyl (C=O) groups excluding carboxylic acids is 1. The first-order chi connectivity index (χ1) is 14.9. The van der Waals surface area contributed by atoms with Crippen molar-refractivity contribution >= 4 is 27.7 Å². The minimum atomic E-state index is -3.69. The lowest BCUT2D eigenvalue weighted by atomic mass is 10.1. The van der Waals surface area contributed by atoms with Crippen molar-refractivity contribution in [1.29, 1.82) is 0 Å². The van der Waals surface area contributed by atoms with Gasteiger partial charge in [-0.2, -0.15) is 0 Å². The van der Waals surface area contributed by atoms with Crippen LogP contribution in [0.3, 0.4) is 0 Å². The second kappa shape index (κ2) is 10.5. The molecule has 31 heavy (non-hydrogen) atoms. The highest BCUT2D eigenvalue weighted by molar-refractivity contribution is 7.89. The maximum Gasteiger partial charge on any atom is 0.248 e. The number of carbonyl (C=O) groups is 1. The SMILES string of the molecule is CNS(=O)(=O)c1cc(/C=C/C(=O)Nc2cccc(CN3CCOCC3)c2)ccc1OC. The highest BCUT2D eigenvalue weighted by atomic mass is 32.2. The van der Waals surface area contributed by atoms with E-state index in [0.29, 0.717) is 11.3 Å². The molecule has 0 aliphatic carbocycles. The fraction of sp³-hybridized carbons (Fsp3) is 0.318. The third kappa shape index (κ3) is 6.38. The number of methoxy groups -OCH3 is 1. The molecule has 1 saturated heterocycles. The number of morpholine rings is 1. The minimum Gasteiger partial charge on any atom is -0.495 e. The highest BCUT2D eigenvalue weighted by Crippen LogP contribution is 2.25. The largest absolute Gasteiger partial charge is 0.495 e. The van der Waals surface area contributed by atoms with Gasteiger partial charge in [-0.05, 0) is 48.5 Å². The first kappa shape index (κ1) is 23.0. The van der Waals surface area contributed by atoms with Gasteiger partial charge in [0.15, 0.2) is 0 Å². The lowest BCUT2D eigenvalue weighted by Crippen LogP contribution is -2.35. The molecule has 1 aliphatic heterocycles. The highest BCUT2D eigenvalue weighted by Gasteiger charge is 2.17. The van der Waals surface area contributed by atoms with Gasteiger partial charge in [0.05, 0.1) is 20.3 Å². The van der Waals surface area contributed by atoms with Gasteiger partial charge < -0.3 is 14.8 Å². The fourth-order valence-corrected chi connectivity index (χ4v) is 4.17. The number of hydrogen-bond donors (Lipinski definition) is 2. The standard InChI is InChI=1S/C22H27N3O5S/c1-23-31(27,28)21-15-17(6-8-20(21)29-2)7-9-22(26)24-19-5-3-4-18(14-19)16-25-10-12-30-13-11-25/h3-9,14-15,23H,10-13,16H2,1-2H3,(H,24,26)/b9-7+. The second-order valence-corrected chi connectivity index (χ2v) is 8.88.